The summed E-state index contributed by atoms with van der Waals surface area (Å²) in [7, 11) is 0. The van der Waals surface area contributed by atoms with Crippen molar-refractivity contribution in [2.75, 3.05) is 13.1 Å². The summed E-state index contributed by atoms with van der Waals surface area (Å²) in [4.78, 5) is 1.87. The van der Waals surface area contributed by atoms with Crippen LogP contribution in [0.1, 0.15) is 26.2 Å². The zero-order chi connectivity index (χ0) is 9.69. The Balaban J connectivity index is 1.95. The Morgan fingerprint density at radius 1 is 1.31 bits per heavy atom. The highest BCUT2D eigenvalue weighted by molar-refractivity contribution is 5.76. The second-order valence-electron chi connectivity index (χ2n) is 4.23. The number of likely N-dealkylation sites (tertiary alicyclic amines) is 1. The minimum atomic E-state index is -2.41. The summed E-state index contributed by atoms with van der Waals surface area (Å²) in [6.45, 7) is 2.97. The van der Waals surface area contributed by atoms with Crippen molar-refractivity contribution >= 4 is 5.84 Å². The van der Waals surface area contributed by atoms with E-state index in [1.165, 1.54) is 0 Å². The third-order valence-electron chi connectivity index (χ3n) is 3.41. The van der Waals surface area contributed by atoms with Crippen LogP contribution in [0.5, 0.6) is 0 Å². The summed E-state index contributed by atoms with van der Waals surface area (Å²) < 4.78 is 25.9. The molecule has 0 aromatic carbocycles. The number of nitrogens with one attached hydrogen (secondary N) is 1. The van der Waals surface area contributed by atoms with Gasteiger partial charge < -0.3 is 4.90 Å². The van der Waals surface area contributed by atoms with Crippen LogP contribution in [0.25, 0.3) is 0 Å². The topological polar surface area (TPSA) is 27.1 Å². The molecule has 13 heavy (non-hydrogen) atoms. The van der Waals surface area contributed by atoms with Gasteiger partial charge in [-0.15, -0.1) is 0 Å². The SMILES string of the molecule is CC(=N)N1CCC2(CC1)CC2(F)F. The quantitative estimate of drug-likeness (QED) is 0.457. The Bertz CT molecular complexity index is 242. The molecule has 2 nitrogen and oxygen atoms in total. The first-order chi connectivity index (χ1) is 5.97. The van der Waals surface area contributed by atoms with E-state index in [1.54, 1.807) is 6.92 Å². The maximum absolute atomic E-state index is 12.9. The molecule has 1 saturated heterocycles. The van der Waals surface area contributed by atoms with E-state index in [2.05, 4.69) is 0 Å². The molecule has 2 fully saturated rings. The van der Waals surface area contributed by atoms with Crippen molar-refractivity contribution in [2.24, 2.45) is 5.41 Å². The smallest absolute Gasteiger partial charge is 0.254 e. The second kappa shape index (κ2) is 2.42. The van der Waals surface area contributed by atoms with E-state index in [1.807, 2.05) is 4.90 Å². The average Bonchev–Trinajstić information content (AvgIpc) is 2.53. The number of nitrogens with zero attached hydrogens (tertiary/aromatic N) is 1. The van der Waals surface area contributed by atoms with Gasteiger partial charge in [0.15, 0.2) is 0 Å². The molecule has 1 heterocycles. The molecule has 0 aromatic rings. The molecular formula is C9H14F2N2. The van der Waals surface area contributed by atoms with Crippen LogP contribution < -0.4 is 0 Å². The normalized spacial score (nSPS) is 29.0. The highest BCUT2D eigenvalue weighted by atomic mass is 19.3. The molecule has 0 amide bonds. The number of hydrogen-bond donors (Lipinski definition) is 1. The summed E-state index contributed by atoms with van der Waals surface area (Å²) >= 11 is 0. The fourth-order valence-electron chi connectivity index (χ4n) is 2.19. The Hall–Kier alpha value is -0.670. The first kappa shape index (κ1) is 8.91. The Morgan fingerprint density at radius 2 is 1.77 bits per heavy atom. The molecule has 1 N–H and O–H groups in total. The van der Waals surface area contributed by atoms with Crippen molar-refractivity contribution < 1.29 is 8.78 Å². The van der Waals surface area contributed by atoms with Gasteiger partial charge in [-0.3, -0.25) is 5.41 Å². The molecule has 0 unspecified atom stereocenters. The van der Waals surface area contributed by atoms with Crippen molar-refractivity contribution in [1.82, 2.24) is 4.90 Å². The first-order valence-electron chi connectivity index (χ1n) is 4.65. The van der Waals surface area contributed by atoms with Crippen molar-refractivity contribution in [3.63, 3.8) is 0 Å². The van der Waals surface area contributed by atoms with Crippen molar-refractivity contribution in [1.29, 1.82) is 5.41 Å². The largest absolute Gasteiger partial charge is 0.361 e. The molecule has 1 aliphatic carbocycles. The lowest BCUT2D eigenvalue weighted by Crippen LogP contribution is -2.38. The van der Waals surface area contributed by atoms with E-state index in [4.69, 9.17) is 5.41 Å². The van der Waals surface area contributed by atoms with Crippen LogP contribution >= 0.6 is 0 Å². The molecule has 74 valence electrons. The van der Waals surface area contributed by atoms with Crippen LogP contribution in [-0.4, -0.2) is 29.7 Å². The van der Waals surface area contributed by atoms with Crippen molar-refractivity contribution in [3.05, 3.63) is 0 Å². The van der Waals surface area contributed by atoms with Gasteiger partial charge in [0.25, 0.3) is 5.92 Å². The zero-order valence-corrected chi connectivity index (χ0v) is 7.74. The third-order valence-corrected chi connectivity index (χ3v) is 3.41. The van der Waals surface area contributed by atoms with Crippen LogP contribution in [0, 0.1) is 10.8 Å². The highest BCUT2D eigenvalue weighted by Gasteiger charge is 2.70. The standard InChI is InChI=1S/C9H14F2N2/c1-7(12)13-4-2-8(3-5-13)6-9(8,10)11/h12H,2-6H2,1H3. The number of amidine groups is 1. The maximum Gasteiger partial charge on any atom is 0.254 e. The lowest BCUT2D eigenvalue weighted by atomic mass is 9.93. The molecule has 2 rings (SSSR count). The molecular weight excluding hydrogens is 174 g/mol. The van der Waals surface area contributed by atoms with Gasteiger partial charge in [-0.1, -0.05) is 0 Å². The predicted molar refractivity (Wildman–Crippen MR) is 46.2 cm³/mol. The number of piperidine rings is 1. The van der Waals surface area contributed by atoms with Crippen molar-refractivity contribution in [2.45, 2.75) is 32.1 Å². The monoisotopic (exact) mass is 188 g/mol. The summed E-state index contributed by atoms with van der Waals surface area (Å²) in [5, 5.41) is 7.38. The van der Waals surface area contributed by atoms with Gasteiger partial charge in [0.1, 0.15) is 0 Å². The van der Waals surface area contributed by atoms with Crippen LogP contribution in [-0.2, 0) is 0 Å². The fraction of sp³-hybridized carbons (Fsp3) is 0.889. The van der Waals surface area contributed by atoms with Crippen molar-refractivity contribution in [3.8, 4) is 0 Å². The molecule has 1 saturated carbocycles. The molecule has 2 aliphatic rings. The Kier molecular flexibility index (Phi) is 1.66. The highest BCUT2D eigenvalue weighted by Crippen LogP contribution is 2.65. The van der Waals surface area contributed by atoms with Crippen LogP contribution in [0.15, 0.2) is 0 Å². The fourth-order valence-corrected chi connectivity index (χ4v) is 2.19. The lowest BCUT2D eigenvalue weighted by molar-refractivity contribution is 0.0411. The van der Waals surface area contributed by atoms with Crippen LogP contribution in [0.3, 0.4) is 0 Å². The molecule has 0 radical (unpaired) electrons. The zero-order valence-electron chi connectivity index (χ0n) is 7.74. The van der Waals surface area contributed by atoms with Gasteiger partial charge in [0.05, 0.1) is 5.84 Å². The van der Waals surface area contributed by atoms with E-state index in [9.17, 15) is 8.78 Å². The molecule has 0 aromatic heterocycles. The summed E-state index contributed by atoms with van der Waals surface area (Å²) in [6, 6.07) is 0. The molecule has 0 atom stereocenters. The maximum atomic E-state index is 12.9. The van der Waals surface area contributed by atoms with E-state index in [0.29, 0.717) is 31.8 Å². The van der Waals surface area contributed by atoms with Gasteiger partial charge in [0.2, 0.25) is 0 Å². The minimum absolute atomic E-state index is 0.0743. The van der Waals surface area contributed by atoms with Crippen LogP contribution in [0.2, 0.25) is 0 Å². The van der Waals surface area contributed by atoms with Gasteiger partial charge in [-0.05, 0) is 19.8 Å². The van der Waals surface area contributed by atoms with E-state index in [-0.39, 0.29) is 6.42 Å². The first-order valence-corrected chi connectivity index (χ1v) is 4.65. The van der Waals surface area contributed by atoms with Gasteiger partial charge in [-0.2, -0.15) is 0 Å². The molecule has 1 spiro atoms. The van der Waals surface area contributed by atoms with E-state index < -0.39 is 11.3 Å². The minimum Gasteiger partial charge on any atom is -0.361 e. The molecule has 4 heteroatoms. The molecule has 1 aliphatic heterocycles. The number of hydrogen-bond acceptors (Lipinski definition) is 1. The second-order valence-corrected chi connectivity index (χ2v) is 4.23. The molecule has 0 bridgehead atoms. The summed E-state index contributed by atoms with van der Waals surface area (Å²) in [6.07, 6.45) is 1.18. The van der Waals surface area contributed by atoms with E-state index >= 15 is 0 Å². The average molecular weight is 188 g/mol. The lowest BCUT2D eigenvalue weighted by Gasteiger charge is -2.32. The summed E-state index contributed by atoms with van der Waals surface area (Å²) in [5.41, 5.74) is -0.682. The number of alkyl halides is 2. The number of halogens is 2. The predicted octanol–water partition coefficient (Wildman–Crippen LogP) is 2.10. The van der Waals surface area contributed by atoms with Crippen LogP contribution in [0.4, 0.5) is 8.78 Å². The number of rotatable bonds is 0. The van der Waals surface area contributed by atoms with E-state index in [0.717, 1.165) is 0 Å². The van der Waals surface area contributed by atoms with Gasteiger partial charge in [0, 0.05) is 24.9 Å². The Labute approximate surface area is 76.4 Å². The summed E-state index contributed by atoms with van der Waals surface area (Å²) in [5.74, 6) is -1.91. The third kappa shape index (κ3) is 1.23. The Morgan fingerprint density at radius 3 is 2.08 bits per heavy atom. The van der Waals surface area contributed by atoms with Gasteiger partial charge >= 0.3 is 0 Å². The van der Waals surface area contributed by atoms with Gasteiger partial charge in [-0.25, -0.2) is 8.78 Å².